The molecule has 3 rings (SSSR count). The van der Waals surface area contributed by atoms with E-state index in [9.17, 15) is 5.26 Å². The van der Waals surface area contributed by atoms with Crippen molar-refractivity contribution in [1.29, 1.82) is 5.26 Å². The third kappa shape index (κ3) is 3.16. The lowest BCUT2D eigenvalue weighted by Gasteiger charge is -2.17. The molecule has 0 saturated carbocycles. The molecule has 0 radical (unpaired) electrons. The highest BCUT2D eigenvalue weighted by molar-refractivity contribution is 5.78. The minimum Gasteiger partial charge on any atom is -0.457 e. The second-order valence-electron chi connectivity index (χ2n) is 5.95. The van der Waals surface area contributed by atoms with Crippen LogP contribution >= 0.6 is 0 Å². The largest absolute Gasteiger partial charge is 0.457 e. The van der Waals surface area contributed by atoms with Gasteiger partial charge >= 0.3 is 0 Å². The zero-order chi connectivity index (χ0) is 16.9. The van der Waals surface area contributed by atoms with Gasteiger partial charge in [0.15, 0.2) is 0 Å². The number of ether oxygens (including phenoxy) is 1. The molecule has 0 atom stereocenters. The Morgan fingerprint density at radius 1 is 0.833 bits per heavy atom. The molecule has 0 aliphatic heterocycles. The number of rotatable bonds is 4. The van der Waals surface area contributed by atoms with E-state index in [2.05, 4.69) is 19.9 Å². The molecule has 0 aromatic heterocycles. The molecule has 2 nitrogen and oxygen atoms in total. The van der Waals surface area contributed by atoms with Crippen LogP contribution in [0.3, 0.4) is 0 Å². The smallest absolute Gasteiger partial charge is 0.136 e. The van der Waals surface area contributed by atoms with Crippen LogP contribution in [0, 0.1) is 11.3 Å². The molecule has 0 aliphatic rings. The summed E-state index contributed by atoms with van der Waals surface area (Å²) >= 11 is 0. The average molecular weight is 313 g/mol. The Hall–Kier alpha value is -3.05. The molecule has 0 spiro atoms. The minimum absolute atomic E-state index is 0.271. The molecule has 0 fully saturated rings. The molecule has 118 valence electrons. The first kappa shape index (κ1) is 15.8. The lowest BCUT2D eigenvalue weighted by atomic mass is 9.90. The van der Waals surface area contributed by atoms with E-state index in [0.717, 1.165) is 22.4 Å². The Morgan fingerprint density at radius 3 is 2.04 bits per heavy atom. The van der Waals surface area contributed by atoms with Crippen molar-refractivity contribution >= 4 is 0 Å². The first-order valence-corrected chi connectivity index (χ1v) is 8.06. The van der Waals surface area contributed by atoms with E-state index < -0.39 is 0 Å². The molecular formula is C22H19NO. The van der Waals surface area contributed by atoms with Crippen LogP contribution in [-0.2, 0) is 0 Å². The van der Waals surface area contributed by atoms with E-state index in [4.69, 9.17) is 4.74 Å². The van der Waals surface area contributed by atoms with E-state index in [1.807, 2.05) is 72.8 Å². The molecule has 0 saturated heterocycles. The highest BCUT2D eigenvalue weighted by Gasteiger charge is 2.18. The average Bonchev–Trinajstić information content (AvgIpc) is 2.62. The summed E-state index contributed by atoms with van der Waals surface area (Å²) in [6, 6.07) is 25.9. The van der Waals surface area contributed by atoms with E-state index in [0.29, 0.717) is 11.3 Å². The number of benzene rings is 3. The van der Waals surface area contributed by atoms with Crippen molar-refractivity contribution < 1.29 is 4.74 Å². The first-order valence-electron chi connectivity index (χ1n) is 8.06. The summed E-state index contributed by atoms with van der Waals surface area (Å²) in [5.74, 6) is 1.73. The summed E-state index contributed by atoms with van der Waals surface area (Å²) < 4.78 is 6.09. The van der Waals surface area contributed by atoms with E-state index in [1.54, 1.807) is 0 Å². The molecule has 0 unspecified atom stereocenters. The van der Waals surface area contributed by atoms with Gasteiger partial charge in [0.05, 0.1) is 5.56 Å². The molecule has 0 amide bonds. The SMILES string of the molecule is CC(C)c1ccc(Oc2ccccc2)c(-c2ccccc2)c1C#N. The van der Waals surface area contributed by atoms with Crippen LogP contribution in [0.1, 0.15) is 30.9 Å². The molecule has 0 bridgehead atoms. The molecule has 2 heteroatoms. The van der Waals surface area contributed by atoms with E-state index >= 15 is 0 Å². The van der Waals surface area contributed by atoms with Crippen LogP contribution in [0.2, 0.25) is 0 Å². The Morgan fingerprint density at radius 2 is 1.46 bits per heavy atom. The fourth-order valence-corrected chi connectivity index (χ4v) is 2.79. The van der Waals surface area contributed by atoms with Gasteiger partial charge in [-0.15, -0.1) is 0 Å². The van der Waals surface area contributed by atoms with Gasteiger partial charge in [-0.3, -0.25) is 0 Å². The van der Waals surface area contributed by atoms with Crippen molar-refractivity contribution in [3.63, 3.8) is 0 Å². The maximum absolute atomic E-state index is 9.79. The highest BCUT2D eigenvalue weighted by Crippen LogP contribution is 2.39. The zero-order valence-corrected chi connectivity index (χ0v) is 13.9. The van der Waals surface area contributed by atoms with Gasteiger partial charge in [-0.2, -0.15) is 5.26 Å². The van der Waals surface area contributed by atoms with Gasteiger partial charge in [0.25, 0.3) is 0 Å². The van der Waals surface area contributed by atoms with Crippen LogP contribution in [0.5, 0.6) is 11.5 Å². The molecular weight excluding hydrogens is 294 g/mol. The normalized spacial score (nSPS) is 10.4. The molecule has 0 N–H and O–H groups in total. The molecule has 3 aromatic rings. The van der Waals surface area contributed by atoms with Gasteiger partial charge in [0.2, 0.25) is 0 Å². The van der Waals surface area contributed by atoms with Gasteiger partial charge in [-0.25, -0.2) is 0 Å². The lowest BCUT2D eigenvalue weighted by Crippen LogP contribution is -1.99. The molecule has 0 heterocycles. The molecule has 24 heavy (non-hydrogen) atoms. The summed E-state index contributed by atoms with van der Waals surface area (Å²) in [6.45, 7) is 4.20. The second kappa shape index (κ2) is 7.02. The number of hydrogen-bond donors (Lipinski definition) is 0. The van der Waals surface area contributed by atoms with Crippen molar-refractivity contribution in [2.75, 3.05) is 0 Å². The van der Waals surface area contributed by atoms with Crippen LogP contribution < -0.4 is 4.74 Å². The monoisotopic (exact) mass is 313 g/mol. The van der Waals surface area contributed by atoms with Gasteiger partial charge in [-0.05, 0) is 35.2 Å². The van der Waals surface area contributed by atoms with E-state index in [-0.39, 0.29) is 5.92 Å². The van der Waals surface area contributed by atoms with Crippen molar-refractivity contribution in [3.8, 4) is 28.7 Å². The standard InChI is InChI=1S/C22H19NO/c1-16(2)19-13-14-21(24-18-11-7-4-8-12-18)22(20(19)15-23)17-9-5-3-6-10-17/h3-14,16H,1-2H3. The van der Waals surface area contributed by atoms with Crippen LogP contribution in [0.4, 0.5) is 0 Å². The fraction of sp³-hybridized carbons (Fsp3) is 0.136. The van der Waals surface area contributed by atoms with Crippen molar-refractivity contribution in [2.24, 2.45) is 0 Å². The third-order valence-electron chi connectivity index (χ3n) is 3.97. The quantitative estimate of drug-likeness (QED) is 0.579. The number of nitrogens with zero attached hydrogens (tertiary/aromatic N) is 1. The number of nitriles is 1. The number of para-hydroxylation sites is 1. The number of hydrogen-bond acceptors (Lipinski definition) is 2. The lowest BCUT2D eigenvalue weighted by molar-refractivity contribution is 0.484. The Bertz CT molecular complexity index is 862. The summed E-state index contributed by atoms with van der Waals surface area (Å²) in [4.78, 5) is 0. The first-order chi connectivity index (χ1) is 11.7. The zero-order valence-electron chi connectivity index (χ0n) is 13.9. The van der Waals surface area contributed by atoms with Crippen molar-refractivity contribution in [1.82, 2.24) is 0 Å². The third-order valence-corrected chi connectivity index (χ3v) is 3.97. The Balaban J connectivity index is 2.20. The maximum Gasteiger partial charge on any atom is 0.136 e. The molecule has 0 aliphatic carbocycles. The minimum atomic E-state index is 0.271. The van der Waals surface area contributed by atoms with Crippen molar-refractivity contribution in [3.05, 3.63) is 83.9 Å². The topological polar surface area (TPSA) is 33.0 Å². The van der Waals surface area contributed by atoms with Gasteiger partial charge in [0.1, 0.15) is 17.6 Å². The Labute approximate surface area is 143 Å². The summed E-state index contributed by atoms with van der Waals surface area (Å²) in [5.41, 5.74) is 3.57. The summed E-state index contributed by atoms with van der Waals surface area (Å²) in [6.07, 6.45) is 0. The van der Waals surface area contributed by atoms with Crippen LogP contribution in [0.15, 0.2) is 72.8 Å². The molecule has 3 aromatic carbocycles. The van der Waals surface area contributed by atoms with Crippen molar-refractivity contribution in [2.45, 2.75) is 19.8 Å². The van der Waals surface area contributed by atoms with Crippen LogP contribution in [0.25, 0.3) is 11.1 Å². The summed E-state index contributed by atoms with van der Waals surface area (Å²) in [5, 5.41) is 9.79. The Kier molecular flexibility index (Phi) is 4.63. The van der Waals surface area contributed by atoms with Gasteiger partial charge in [-0.1, -0.05) is 68.4 Å². The van der Waals surface area contributed by atoms with Gasteiger partial charge in [0, 0.05) is 5.56 Å². The highest BCUT2D eigenvalue weighted by atomic mass is 16.5. The maximum atomic E-state index is 9.79. The van der Waals surface area contributed by atoms with E-state index in [1.165, 1.54) is 0 Å². The summed E-state index contributed by atoms with van der Waals surface area (Å²) in [7, 11) is 0. The predicted octanol–water partition coefficient (Wildman–Crippen LogP) is 6.14. The second-order valence-corrected chi connectivity index (χ2v) is 5.95. The van der Waals surface area contributed by atoms with Gasteiger partial charge < -0.3 is 4.74 Å². The predicted molar refractivity (Wildman–Crippen MR) is 97.2 cm³/mol. The fourth-order valence-electron chi connectivity index (χ4n) is 2.79. The van der Waals surface area contributed by atoms with Crippen LogP contribution in [-0.4, -0.2) is 0 Å².